The molecule has 4 rings (SSSR count). The van der Waals surface area contributed by atoms with Gasteiger partial charge >= 0.3 is 5.97 Å². The fourth-order valence-corrected chi connectivity index (χ4v) is 3.55. The summed E-state index contributed by atoms with van der Waals surface area (Å²) in [6, 6.07) is 2.85. The zero-order valence-electron chi connectivity index (χ0n) is 16.5. The van der Waals surface area contributed by atoms with Crippen LogP contribution in [-0.2, 0) is 16.0 Å². The van der Waals surface area contributed by atoms with Crippen molar-refractivity contribution in [1.82, 2.24) is 19.5 Å². The van der Waals surface area contributed by atoms with Crippen LogP contribution in [0.2, 0.25) is 0 Å². The Morgan fingerprint density at radius 2 is 1.94 bits per heavy atom. The van der Waals surface area contributed by atoms with Crippen LogP contribution in [0, 0.1) is 0 Å². The minimum absolute atomic E-state index is 0.0375. The van der Waals surface area contributed by atoms with E-state index in [0.29, 0.717) is 5.56 Å². The maximum absolute atomic E-state index is 11.8. The predicted octanol–water partition coefficient (Wildman–Crippen LogP) is -1.04. The zero-order valence-corrected chi connectivity index (χ0v) is 16.5. The molecule has 7 N–H and O–H groups in total. The molecular weight excluding hydrogens is 426 g/mol. The summed E-state index contributed by atoms with van der Waals surface area (Å²) in [4.78, 5) is 24.2. The number of aliphatic carboxylic acids is 1. The molecule has 170 valence electrons. The fourth-order valence-electron chi connectivity index (χ4n) is 3.55. The molecule has 13 heteroatoms. The van der Waals surface area contributed by atoms with Gasteiger partial charge in [0.25, 0.3) is 0 Å². The molecule has 1 fully saturated rings. The molecule has 0 aliphatic carbocycles. The number of aliphatic hydroxyl groups is 3. The number of anilines is 1. The standard InChI is InChI=1S/C19H21N5O8/c25-5-12-14(28)15(29)18(32-12)24-7-22-13-16(20-6-21-17(13)24)23-9(19(30)31)3-8-1-2-10(26)11(27)4-8/h1-2,4,6-7,9,12,14-15,18,25-29H,3,5H2,(H,30,31)(H,20,21,23)/t9-,12+,14?,15?,18+/m0/s1. The third-order valence-electron chi connectivity index (χ3n) is 5.24. The number of phenols is 2. The van der Waals surface area contributed by atoms with Crippen molar-refractivity contribution < 1.29 is 40.2 Å². The number of carbonyl (C=O) groups is 1. The summed E-state index contributed by atoms with van der Waals surface area (Å²) in [7, 11) is 0. The zero-order chi connectivity index (χ0) is 23.0. The summed E-state index contributed by atoms with van der Waals surface area (Å²) >= 11 is 0. The average Bonchev–Trinajstić information content (AvgIpc) is 3.32. The number of imidazole rings is 1. The van der Waals surface area contributed by atoms with Gasteiger partial charge in [-0.1, -0.05) is 6.07 Å². The molecule has 32 heavy (non-hydrogen) atoms. The van der Waals surface area contributed by atoms with Gasteiger partial charge in [-0.15, -0.1) is 0 Å². The van der Waals surface area contributed by atoms with E-state index in [1.54, 1.807) is 0 Å². The molecule has 3 aromatic rings. The van der Waals surface area contributed by atoms with E-state index < -0.39 is 43.2 Å². The highest BCUT2D eigenvalue weighted by atomic mass is 16.6. The molecule has 1 aliphatic heterocycles. The number of benzene rings is 1. The summed E-state index contributed by atoms with van der Waals surface area (Å²) in [5.41, 5.74) is 0.872. The Morgan fingerprint density at radius 3 is 2.59 bits per heavy atom. The van der Waals surface area contributed by atoms with Crippen LogP contribution in [0.4, 0.5) is 5.82 Å². The summed E-state index contributed by atoms with van der Waals surface area (Å²) in [6.07, 6.45) is -2.25. The van der Waals surface area contributed by atoms with E-state index in [-0.39, 0.29) is 34.9 Å². The van der Waals surface area contributed by atoms with Crippen LogP contribution >= 0.6 is 0 Å². The van der Waals surface area contributed by atoms with Crippen LogP contribution in [0.1, 0.15) is 11.8 Å². The molecule has 0 spiro atoms. The molecular formula is C19H21N5O8. The molecule has 2 aromatic heterocycles. The lowest BCUT2D eigenvalue weighted by Gasteiger charge is -2.17. The number of carboxylic acid groups (broad SMARTS) is 1. The van der Waals surface area contributed by atoms with E-state index in [1.807, 2.05) is 0 Å². The third kappa shape index (κ3) is 3.89. The van der Waals surface area contributed by atoms with Crippen LogP contribution in [0.3, 0.4) is 0 Å². The van der Waals surface area contributed by atoms with Crippen molar-refractivity contribution >= 4 is 23.0 Å². The number of carboxylic acids is 1. The Hall–Kier alpha value is -3.52. The highest BCUT2D eigenvalue weighted by Gasteiger charge is 2.44. The van der Waals surface area contributed by atoms with Crippen molar-refractivity contribution in [2.24, 2.45) is 0 Å². The highest BCUT2D eigenvalue weighted by Crippen LogP contribution is 2.32. The second kappa shape index (κ2) is 8.55. The summed E-state index contributed by atoms with van der Waals surface area (Å²) < 4.78 is 6.86. The maximum atomic E-state index is 11.8. The Bertz CT molecular complexity index is 1140. The van der Waals surface area contributed by atoms with Crippen LogP contribution in [-0.4, -0.2) is 87.1 Å². The molecule has 1 saturated heterocycles. The van der Waals surface area contributed by atoms with E-state index in [1.165, 1.54) is 35.4 Å². The Labute approximate surface area is 180 Å². The Balaban J connectivity index is 1.61. The first-order chi connectivity index (χ1) is 15.3. The van der Waals surface area contributed by atoms with Gasteiger partial charge < -0.3 is 40.7 Å². The molecule has 1 aromatic carbocycles. The second-order valence-electron chi connectivity index (χ2n) is 7.34. The monoisotopic (exact) mass is 447 g/mol. The number of phenolic OH excluding ortho intramolecular Hbond substituents is 2. The van der Waals surface area contributed by atoms with E-state index in [0.717, 1.165) is 0 Å². The number of ether oxygens (including phenoxy) is 1. The minimum atomic E-state index is -1.34. The smallest absolute Gasteiger partial charge is 0.326 e. The summed E-state index contributed by atoms with van der Waals surface area (Å²) in [5, 5.41) is 61.1. The number of aromatic hydroxyl groups is 2. The number of aromatic nitrogens is 4. The lowest BCUT2D eigenvalue weighted by atomic mass is 10.1. The summed E-state index contributed by atoms with van der Waals surface area (Å²) in [6.45, 7) is -0.490. The van der Waals surface area contributed by atoms with E-state index in [9.17, 15) is 35.4 Å². The fraction of sp³-hybridized carbons (Fsp3) is 0.368. The number of hydrogen-bond donors (Lipinski definition) is 7. The van der Waals surface area contributed by atoms with Gasteiger partial charge in [0.15, 0.2) is 34.7 Å². The third-order valence-corrected chi connectivity index (χ3v) is 5.24. The number of hydrogen-bond acceptors (Lipinski definition) is 11. The van der Waals surface area contributed by atoms with Crippen molar-refractivity contribution in [3.8, 4) is 11.5 Å². The Morgan fingerprint density at radius 1 is 1.16 bits per heavy atom. The minimum Gasteiger partial charge on any atom is -0.504 e. The van der Waals surface area contributed by atoms with Crippen LogP contribution in [0.25, 0.3) is 11.2 Å². The number of rotatable bonds is 7. The number of fused-ring (bicyclic) bond motifs is 1. The predicted molar refractivity (Wildman–Crippen MR) is 107 cm³/mol. The van der Waals surface area contributed by atoms with Crippen molar-refractivity contribution in [3.05, 3.63) is 36.4 Å². The first-order valence-corrected chi connectivity index (χ1v) is 9.60. The first-order valence-electron chi connectivity index (χ1n) is 9.60. The number of nitrogens with one attached hydrogen (secondary N) is 1. The average molecular weight is 447 g/mol. The highest BCUT2D eigenvalue weighted by molar-refractivity contribution is 5.86. The van der Waals surface area contributed by atoms with E-state index >= 15 is 0 Å². The molecule has 2 unspecified atom stereocenters. The van der Waals surface area contributed by atoms with E-state index in [4.69, 9.17) is 4.74 Å². The van der Waals surface area contributed by atoms with Gasteiger partial charge in [0.05, 0.1) is 12.9 Å². The molecule has 3 heterocycles. The summed E-state index contributed by atoms with van der Waals surface area (Å²) in [5.74, 6) is -1.77. The molecule has 0 saturated carbocycles. The maximum Gasteiger partial charge on any atom is 0.326 e. The van der Waals surface area contributed by atoms with Crippen molar-refractivity contribution in [3.63, 3.8) is 0 Å². The van der Waals surface area contributed by atoms with Gasteiger partial charge in [-0.25, -0.2) is 19.7 Å². The largest absolute Gasteiger partial charge is 0.504 e. The molecule has 0 amide bonds. The van der Waals surface area contributed by atoms with Crippen LogP contribution in [0.5, 0.6) is 11.5 Å². The van der Waals surface area contributed by atoms with Crippen LogP contribution in [0.15, 0.2) is 30.9 Å². The molecule has 0 bridgehead atoms. The lowest BCUT2D eigenvalue weighted by molar-refractivity contribution is -0.137. The number of nitrogens with zero attached hydrogens (tertiary/aromatic N) is 4. The number of aliphatic hydroxyl groups excluding tert-OH is 3. The van der Waals surface area contributed by atoms with Crippen molar-refractivity contribution in [2.75, 3.05) is 11.9 Å². The molecule has 5 atom stereocenters. The van der Waals surface area contributed by atoms with Gasteiger partial charge in [-0.2, -0.15) is 0 Å². The molecule has 1 aliphatic rings. The van der Waals surface area contributed by atoms with Gasteiger partial charge in [-0.05, 0) is 17.7 Å². The first kappa shape index (κ1) is 21.7. The van der Waals surface area contributed by atoms with Gasteiger partial charge in [0, 0.05) is 6.42 Å². The molecule has 0 radical (unpaired) electrons. The lowest BCUT2D eigenvalue weighted by Crippen LogP contribution is -2.33. The van der Waals surface area contributed by atoms with Gasteiger partial charge in [0.1, 0.15) is 30.7 Å². The normalized spacial score (nSPS) is 24.0. The van der Waals surface area contributed by atoms with E-state index in [2.05, 4.69) is 20.3 Å². The van der Waals surface area contributed by atoms with Crippen molar-refractivity contribution in [1.29, 1.82) is 0 Å². The van der Waals surface area contributed by atoms with Gasteiger partial charge in [-0.3, -0.25) is 4.57 Å². The quantitative estimate of drug-likeness (QED) is 0.217. The van der Waals surface area contributed by atoms with Crippen LogP contribution < -0.4 is 5.32 Å². The molecule has 13 nitrogen and oxygen atoms in total. The Kier molecular flexibility index (Phi) is 5.80. The topological polar surface area (TPSA) is 203 Å². The second-order valence-corrected chi connectivity index (χ2v) is 7.34. The van der Waals surface area contributed by atoms with Gasteiger partial charge in [0.2, 0.25) is 0 Å². The van der Waals surface area contributed by atoms with Crippen molar-refractivity contribution in [2.45, 2.75) is 37.0 Å². The SMILES string of the molecule is O=C(O)[C@H](Cc1ccc(O)c(O)c1)Nc1ncnc2c1ncn2[C@@H]1O[C@H](CO)C(O)C1O.